The third kappa shape index (κ3) is 5.73. The zero-order valence-corrected chi connectivity index (χ0v) is 20.0. The number of ether oxygens (including phenoxy) is 1. The van der Waals surface area contributed by atoms with Crippen LogP contribution < -0.4 is 9.91 Å². The van der Waals surface area contributed by atoms with E-state index in [0.717, 1.165) is 10.7 Å². The summed E-state index contributed by atoms with van der Waals surface area (Å²) in [6.45, 7) is 3.61. The first-order chi connectivity index (χ1) is 16.8. The minimum atomic E-state index is -1.09. The first-order valence-electron chi connectivity index (χ1n) is 11.0. The number of carboxylic acids is 1. The average molecular weight is 482 g/mol. The van der Waals surface area contributed by atoms with Crippen molar-refractivity contribution >= 4 is 40.5 Å². The number of nitrogens with zero attached hydrogens (tertiary/aromatic N) is 3. The van der Waals surface area contributed by atoms with Crippen LogP contribution in [-0.4, -0.2) is 62.6 Å². The standard InChI is InChI=1S/C25H27N3O7/c1-5-33-25(32)21(16-7-11-18(12-8-16)27(3)4)22-20(15-35-34-6-2)26-28(23(22)29)19-13-9-17(10-14-19)24(30)31/h7-14H,5-6,15H2,1-4H3,(H,30,31)/b22-21-. The minimum Gasteiger partial charge on any atom is -0.478 e. The van der Waals surface area contributed by atoms with E-state index >= 15 is 0 Å². The van der Waals surface area contributed by atoms with Crippen LogP contribution in [0.5, 0.6) is 0 Å². The van der Waals surface area contributed by atoms with Crippen LogP contribution in [0.2, 0.25) is 0 Å². The van der Waals surface area contributed by atoms with E-state index in [9.17, 15) is 14.4 Å². The molecule has 1 N–H and O–H groups in total. The summed E-state index contributed by atoms with van der Waals surface area (Å²) in [7, 11) is 3.78. The molecule has 1 aliphatic heterocycles. The zero-order valence-electron chi connectivity index (χ0n) is 20.0. The number of carbonyl (C=O) groups excluding carboxylic acids is 2. The summed E-state index contributed by atoms with van der Waals surface area (Å²) in [5.74, 6) is -2.35. The van der Waals surface area contributed by atoms with E-state index in [1.165, 1.54) is 24.3 Å². The zero-order chi connectivity index (χ0) is 25.5. The Morgan fingerprint density at radius 3 is 2.11 bits per heavy atom. The molecule has 2 aromatic rings. The van der Waals surface area contributed by atoms with Gasteiger partial charge in [-0.1, -0.05) is 12.1 Å². The Labute approximate surface area is 202 Å². The maximum absolute atomic E-state index is 13.6. The van der Waals surface area contributed by atoms with Crippen LogP contribution in [0.3, 0.4) is 0 Å². The summed E-state index contributed by atoms with van der Waals surface area (Å²) in [6, 6.07) is 12.8. The number of hydrazone groups is 1. The number of anilines is 2. The maximum atomic E-state index is 13.6. The predicted molar refractivity (Wildman–Crippen MR) is 130 cm³/mol. The van der Waals surface area contributed by atoms with Crippen LogP contribution in [-0.2, 0) is 24.1 Å². The SMILES string of the molecule is CCOOCC1=NN(c2ccc(C(=O)O)cc2)C(=O)/C1=C(\C(=O)OCC)c1ccc(N(C)C)cc1. The van der Waals surface area contributed by atoms with Gasteiger partial charge in [0.2, 0.25) is 0 Å². The number of carbonyl (C=O) groups is 3. The van der Waals surface area contributed by atoms with Crippen molar-refractivity contribution in [3.8, 4) is 0 Å². The molecule has 0 saturated heterocycles. The highest BCUT2D eigenvalue weighted by atomic mass is 17.2. The Hall–Kier alpha value is -4.02. The predicted octanol–water partition coefficient (Wildman–Crippen LogP) is 3.14. The van der Waals surface area contributed by atoms with Crippen LogP contribution in [0.1, 0.15) is 29.8 Å². The van der Waals surface area contributed by atoms with E-state index in [0.29, 0.717) is 11.3 Å². The van der Waals surface area contributed by atoms with Gasteiger partial charge >= 0.3 is 11.9 Å². The Bertz CT molecular complexity index is 1150. The van der Waals surface area contributed by atoms with Crippen molar-refractivity contribution in [3.05, 3.63) is 65.2 Å². The van der Waals surface area contributed by atoms with Gasteiger partial charge in [-0.2, -0.15) is 10.1 Å². The van der Waals surface area contributed by atoms with Crippen molar-refractivity contribution in [2.24, 2.45) is 5.10 Å². The molecule has 35 heavy (non-hydrogen) atoms. The summed E-state index contributed by atoms with van der Waals surface area (Å²) >= 11 is 0. The van der Waals surface area contributed by atoms with Crippen LogP contribution in [0, 0.1) is 0 Å². The van der Waals surface area contributed by atoms with E-state index in [-0.39, 0.29) is 42.2 Å². The second-order valence-corrected chi connectivity index (χ2v) is 7.60. The lowest BCUT2D eigenvalue weighted by atomic mass is 9.96. The fourth-order valence-electron chi connectivity index (χ4n) is 3.39. The van der Waals surface area contributed by atoms with Crippen LogP contribution in [0.15, 0.2) is 59.2 Å². The van der Waals surface area contributed by atoms with Crippen molar-refractivity contribution in [2.45, 2.75) is 13.8 Å². The Balaban J connectivity index is 2.14. The second-order valence-electron chi connectivity index (χ2n) is 7.60. The average Bonchev–Trinajstić information content (AvgIpc) is 3.16. The molecule has 0 spiro atoms. The first kappa shape index (κ1) is 25.6. The van der Waals surface area contributed by atoms with Crippen LogP contribution in [0.4, 0.5) is 11.4 Å². The maximum Gasteiger partial charge on any atom is 0.339 e. The van der Waals surface area contributed by atoms with Gasteiger partial charge in [-0.15, -0.1) is 0 Å². The molecular formula is C25H27N3O7. The molecule has 0 bridgehead atoms. The molecule has 3 rings (SSSR count). The lowest BCUT2D eigenvalue weighted by Gasteiger charge is -2.16. The molecule has 0 atom stereocenters. The summed E-state index contributed by atoms with van der Waals surface area (Å²) in [5.41, 5.74) is 2.01. The van der Waals surface area contributed by atoms with Gasteiger partial charge in [-0.25, -0.2) is 19.4 Å². The van der Waals surface area contributed by atoms with Gasteiger partial charge in [-0.3, -0.25) is 4.79 Å². The lowest BCUT2D eigenvalue weighted by molar-refractivity contribution is -0.279. The number of amides is 1. The summed E-state index contributed by atoms with van der Waals surface area (Å²) in [4.78, 5) is 49.9. The monoisotopic (exact) mass is 481 g/mol. The van der Waals surface area contributed by atoms with E-state index in [1.54, 1.807) is 26.0 Å². The number of hydrogen-bond acceptors (Lipinski definition) is 8. The molecular weight excluding hydrogens is 454 g/mol. The number of hydrogen-bond donors (Lipinski definition) is 1. The Kier molecular flexibility index (Phi) is 8.34. The smallest absolute Gasteiger partial charge is 0.339 e. The molecule has 0 aliphatic carbocycles. The van der Waals surface area contributed by atoms with Gasteiger partial charge < -0.3 is 14.7 Å². The molecule has 1 aliphatic rings. The summed E-state index contributed by atoms with van der Waals surface area (Å²) in [6.07, 6.45) is 0. The fraction of sp³-hybridized carbons (Fsp3) is 0.280. The third-order valence-electron chi connectivity index (χ3n) is 5.07. The van der Waals surface area contributed by atoms with Crippen molar-refractivity contribution in [1.82, 2.24) is 0 Å². The van der Waals surface area contributed by atoms with Crippen molar-refractivity contribution in [1.29, 1.82) is 0 Å². The van der Waals surface area contributed by atoms with E-state index < -0.39 is 17.8 Å². The van der Waals surface area contributed by atoms with Gasteiger partial charge in [0, 0.05) is 19.8 Å². The van der Waals surface area contributed by atoms with Gasteiger partial charge in [0.05, 0.1) is 35.6 Å². The van der Waals surface area contributed by atoms with Gasteiger partial charge in [-0.05, 0) is 55.8 Å². The highest BCUT2D eigenvalue weighted by Gasteiger charge is 2.37. The summed E-state index contributed by atoms with van der Waals surface area (Å²) in [5, 5.41) is 14.6. The molecule has 0 aromatic heterocycles. The number of rotatable bonds is 10. The molecule has 0 fully saturated rings. The quantitative estimate of drug-likeness (QED) is 0.181. The van der Waals surface area contributed by atoms with Gasteiger partial charge in [0.1, 0.15) is 12.3 Å². The topological polar surface area (TPSA) is 118 Å². The van der Waals surface area contributed by atoms with Crippen LogP contribution in [0.25, 0.3) is 5.57 Å². The van der Waals surface area contributed by atoms with E-state index in [2.05, 4.69) is 5.10 Å². The van der Waals surface area contributed by atoms with Crippen molar-refractivity contribution < 1.29 is 34.0 Å². The Morgan fingerprint density at radius 1 is 0.943 bits per heavy atom. The van der Waals surface area contributed by atoms with E-state index in [1.807, 2.05) is 31.1 Å². The minimum absolute atomic E-state index is 0.0167. The highest BCUT2D eigenvalue weighted by molar-refractivity contribution is 6.40. The molecule has 10 nitrogen and oxygen atoms in total. The van der Waals surface area contributed by atoms with Gasteiger partial charge in [0.25, 0.3) is 5.91 Å². The molecule has 1 amide bonds. The Morgan fingerprint density at radius 2 is 1.57 bits per heavy atom. The molecule has 184 valence electrons. The molecule has 0 unspecified atom stereocenters. The van der Waals surface area contributed by atoms with Crippen LogP contribution >= 0.6 is 0 Å². The number of benzene rings is 2. The van der Waals surface area contributed by atoms with Crippen molar-refractivity contribution in [2.75, 3.05) is 43.8 Å². The number of carboxylic acid groups (broad SMARTS) is 1. The van der Waals surface area contributed by atoms with Crippen molar-refractivity contribution in [3.63, 3.8) is 0 Å². The normalized spacial score (nSPS) is 14.6. The first-order valence-corrected chi connectivity index (χ1v) is 11.0. The summed E-state index contributed by atoms with van der Waals surface area (Å²) < 4.78 is 5.28. The highest BCUT2D eigenvalue weighted by Crippen LogP contribution is 2.31. The second kappa shape index (κ2) is 11.4. The largest absolute Gasteiger partial charge is 0.478 e. The number of aromatic carboxylic acids is 1. The van der Waals surface area contributed by atoms with E-state index in [4.69, 9.17) is 19.6 Å². The fourth-order valence-corrected chi connectivity index (χ4v) is 3.39. The molecule has 2 aromatic carbocycles. The number of esters is 1. The molecule has 10 heteroatoms. The third-order valence-corrected chi connectivity index (χ3v) is 5.07. The molecule has 0 radical (unpaired) electrons. The van der Waals surface area contributed by atoms with Gasteiger partial charge in [0.15, 0.2) is 0 Å². The lowest BCUT2D eigenvalue weighted by Crippen LogP contribution is -2.25. The molecule has 0 saturated carbocycles. The molecule has 1 heterocycles.